The van der Waals surface area contributed by atoms with Crippen molar-refractivity contribution in [1.29, 1.82) is 0 Å². The number of rotatable bonds is 6. The van der Waals surface area contributed by atoms with Gasteiger partial charge in [0.15, 0.2) is 0 Å². The van der Waals surface area contributed by atoms with Crippen LogP contribution in [0.15, 0.2) is 53.4 Å². The minimum atomic E-state index is -4.71. The van der Waals surface area contributed by atoms with Crippen molar-refractivity contribution in [3.8, 4) is 5.75 Å². The van der Waals surface area contributed by atoms with Crippen LogP contribution in [0.1, 0.15) is 18.4 Å². The number of halogens is 3. The third-order valence-corrected chi connectivity index (χ3v) is 5.90. The Kier molecular flexibility index (Phi) is 6.87. The highest BCUT2D eigenvalue weighted by Gasteiger charge is 2.31. The molecule has 1 amide bonds. The fourth-order valence-electron chi connectivity index (χ4n) is 3.38. The third-order valence-electron chi connectivity index (χ3n) is 4.97. The van der Waals surface area contributed by atoms with Gasteiger partial charge < -0.3 is 10.1 Å². The Morgan fingerprint density at radius 1 is 1.06 bits per heavy atom. The van der Waals surface area contributed by atoms with Gasteiger partial charge in [-0.25, -0.2) is 13.6 Å². The minimum absolute atomic E-state index is 0.0307. The number of alkyl halides is 3. The van der Waals surface area contributed by atoms with Gasteiger partial charge in [0.2, 0.25) is 15.9 Å². The van der Waals surface area contributed by atoms with E-state index in [4.69, 9.17) is 5.14 Å². The van der Waals surface area contributed by atoms with Crippen LogP contribution in [-0.4, -0.2) is 38.7 Å². The number of primary sulfonamides is 1. The zero-order valence-electron chi connectivity index (χ0n) is 16.4. The highest BCUT2D eigenvalue weighted by Crippen LogP contribution is 2.25. The van der Waals surface area contributed by atoms with Crippen LogP contribution in [0.4, 0.5) is 18.9 Å². The molecule has 0 spiro atoms. The molecule has 3 rings (SSSR count). The molecule has 3 N–H and O–H groups in total. The summed E-state index contributed by atoms with van der Waals surface area (Å²) in [6.07, 6.45) is -3.44. The fraction of sp³-hybridized carbons (Fsp3) is 0.350. The Morgan fingerprint density at radius 2 is 1.65 bits per heavy atom. The van der Waals surface area contributed by atoms with Crippen LogP contribution in [0, 0.1) is 5.92 Å². The van der Waals surface area contributed by atoms with Gasteiger partial charge in [-0.05, 0) is 67.9 Å². The van der Waals surface area contributed by atoms with Crippen molar-refractivity contribution in [3.63, 3.8) is 0 Å². The van der Waals surface area contributed by atoms with Gasteiger partial charge in [0.05, 0.1) is 4.90 Å². The number of nitrogens with two attached hydrogens (primary N) is 1. The summed E-state index contributed by atoms with van der Waals surface area (Å²) in [5.41, 5.74) is 1.34. The number of amides is 1. The van der Waals surface area contributed by atoms with Crippen LogP contribution in [0.25, 0.3) is 0 Å². The first kappa shape index (κ1) is 23.0. The molecule has 2 aromatic rings. The molecule has 31 heavy (non-hydrogen) atoms. The summed E-state index contributed by atoms with van der Waals surface area (Å²) in [6.45, 7) is 1.90. The lowest BCUT2D eigenvalue weighted by molar-refractivity contribution is -0.274. The van der Waals surface area contributed by atoms with Crippen molar-refractivity contribution < 1.29 is 31.1 Å². The van der Waals surface area contributed by atoms with Crippen molar-refractivity contribution in [1.82, 2.24) is 4.90 Å². The predicted molar refractivity (Wildman–Crippen MR) is 108 cm³/mol. The van der Waals surface area contributed by atoms with E-state index in [1.54, 1.807) is 12.1 Å². The summed E-state index contributed by atoms with van der Waals surface area (Å²) in [4.78, 5) is 14.6. The number of ether oxygens (including phenoxy) is 1. The van der Waals surface area contributed by atoms with Crippen molar-refractivity contribution in [3.05, 3.63) is 54.1 Å². The summed E-state index contributed by atoms with van der Waals surface area (Å²) < 4.78 is 63.1. The van der Waals surface area contributed by atoms with Crippen LogP contribution in [0.3, 0.4) is 0 Å². The SMILES string of the molecule is NS(=O)(=O)c1ccc(NC(=O)C2CCN(Cc3ccc(OC(F)(F)F)cc3)CC2)cc1. The van der Waals surface area contributed by atoms with E-state index in [9.17, 15) is 26.4 Å². The number of likely N-dealkylation sites (tertiary alicyclic amines) is 1. The quantitative estimate of drug-likeness (QED) is 0.694. The van der Waals surface area contributed by atoms with Gasteiger partial charge in [0.25, 0.3) is 0 Å². The Balaban J connectivity index is 1.47. The Labute approximate surface area is 178 Å². The average molecular weight is 457 g/mol. The summed E-state index contributed by atoms with van der Waals surface area (Å²) >= 11 is 0. The first-order valence-electron chi connectivity index (χ1n) is 9.50. The summed E-state index contributed by atoms with van der Waals surface area (Å²) in [7, 11) is -3.79. The highest BCUT2D eigenvalue weighted by molar-refractivity contribution is 7.89. The molecule has 1 aliphatic heterocycles. The number of nitrogens with one attached hydrogen (secondary N) is 1. The number of nitrogens with zero attached hydrogens (tertiary/aromatic N) is 1. The monoisotopic (exact) mass is 457 g/mol. The molecule has 7 nitrogen and oxygen atoms in total. The van der Waals surface area contributed by atoms with Crippen LogP contribution < -0.4 is 15.2 Å². The van der Waals surface area contributed by atoms with Gasteiger partial charge in [0.1, 0.15) is 5.75 Å². The molecule has 0 unspecified atom stereocenters. The number of piperidine rings is 1. The topological polar surface area (TPSA) is 102 Å². The standard InChI is InChI=1S/C20H22F3N3O4S/c21-20(22,23)30-17-5-1-14(2-6-17)13-26-11-9-15(10-12-26)19(27)25-16-3-7-18(8-4-16)31(24,28)29/h1-8,15H,9-13H2,(H,25,27)(H2,24,28,29). The molecule has 11 heteroatoms. The maximum Gasteiger partial charge on any atom is 0.573 e. The molecule has 0 bridgehead atoms. The number of carbonyl (C=O) groups excluding carboxylic acids is 1. The predicted octanol–water partition coefficient (Wildman–Crippen LogP) is 3.08. The Bertz CT molecular complexity index is 1000. The van der Waals surface area contributed by atoms with E-state index < -0.39 is 16.4 Å². The summed E-state index contributed by atoms with van der Waals surface area (Å²) in [6, 6.07) is 11.4. The molecule has 1 fully saturated rings. The lowest BCUT2D eigenvalue weighted by Crippen LogP contribution is -2.37. The first-order chi connectivity index (χ1) is 14.5. The molecular formula is C20H22F3N3O4S. The molecule has 0 saturated carbocycles. The second kappa shape index (κ2) is 9.25. The maximum atomic E-state index is 12.5. The van der Waals surface area contributed by atoms with Crippen LogP contribution >= 0.6 is 0 Å². The number of sulfonamides is 1. The smallest absolute Gasteiger partial charge is 0.406 e. The number of anilines is 1. The number of hydrogen-bond acceptors (Lipinski definition) is 5. The molecule has 0 atom stereocenters. The third kappa shape index (κ3) is 6.94. The fourth-order valence-corrected chi connectivity index (χ4v) is 3.90. The van der Waals surface area contributed by atoms with Gasteiger partial charge in [0, 0.05) is 18.2 Å². The van der Waals surface area contributed by atoms with Crippen molar-refractivity contribution >= 4 is 21.6 Å². The second-order valence-electron chi connectivity index (χ2n) is 7.30. The van der Waals surface area contributed by atoms with Crippen LogP contribution in [0.5, 0.6) is 5.75 Å². The number of hydrogen-bond donors (Lipinski definition) is 2. The van der Waals surface area contributed by atoms with Gasteiger partial charge >= 0.3 is 6.36 Å². The van der Waals surface area contributed by atoms with Crippen LogP contribution in [0.2, 0.25) is 0 Å². The van der Waals surface area contributed by atoms with E-state index in [1.807, 2.05) is 0 Å². The van der Waals surface area contributed by atoms with Crippen LogP contribution in [-0.2, 0) is 21.4 Å². The molecule has 1 heterocycles. The minimum Gasteiger partial charge on any atom is -0.406 e. The van der Waals surface area contributed by atoms with Gasteiger partial charge in [-0.2, -0.15) is 0 Å². The average Bonchev–Trinajstić information content (AvgIpc) is 2.69. The summed E-state index contributed by atoms with van der Waals surface area (Å²) in [5, 5.41) is 7.83. The van der Waals surface area contributed by atoms with Gasteiger partial charge in [-0.3, -0.25) is 9.69 Å². The number of benzene rings is 2. The molecule has 0 radical (unpaired) electrons. The van der Waals surface area contributed by atoms with E-state index in [0.717, 1.165) is 5.56 Å². The molecule has 168 valence electrons. The van der Waals surface area contributed by atoms with Gasteiger partial charge in [-0.1, -0.05) is 12.1 Å². The maximum absolute atomic E-state index is 12.5. The Morgan fingerprint density at radius 3 is 2.16 bits per heavy atom. The highest BCUT2D eigenvalue weighted by atomic mass is 32.2. The van der Waals surface area contributed by atoms with Crippen molar-refractivity contribution in [2.24, 2.45) is 11.1 Å². The zero-order chi connectivity index (χ0) is 22.6. The largest absolute Gasteiger partial charge is 0.573 e. The van der Waals surface area contributed by atoms with E-state index >= 15 is 0 Å². The van der Waals surface area contributed by atoms with E-state index in [-0.39, 0.29) is 22.5 Å². The van der Waals surface area contributed by atoms with E-state index in [2.05, 4.69) is 15.0 Å². The molecule has 0 aromatic heterocycles. The van der Waals surface area contributed by atoms with Crippen molar-refractivity contribution in [2.45, 2.75) is 30.6 Å². The lowest BCUT2D eigenvalue weighted by atomic mass is 9.95. The molecular weight excluding hydrogens is 435 g/mol. The van der Waals surface area contributed by atoms with E-state index in [0.29, 0.717) is 38.2 Å². The zero-order valence-corrected chi connectivity index (χ0v) is 17.2. The Hall–Kier alpha value is -2.63. The second-order valence-corrected chi connectivity index (χ2v) is 8.86. The normalized spacial score (nSPS) is 16.1. The number of carbonyl (C=O) groups is 1. The van der Waals surface area contributed by atoms with Crippen molar-refractivity contribution in [2.75, 3.05) is 18.4 Å². The lowest BCUT2D eigenvalue weighted by Gasteiger charge is -2.31. The summed E-state index contributed by atoms with van der Waals surface area (Å²) in [5.74, 6) is -0.586. The molecule has 1 aliphatic rings. The first-order valence-corrected chi connectivity index (χ1v) is 11.0. The molecule has 1 saturated heterocycles. The molecule has 2 aromatic carbocycles. The van der Waals surface area contributed by atoms with Gasteiger partial charge in [-0.15, -0.1) is 13.2 Å². The molecule has 0 aliphatic carbocycles. The van der Waals surface area contributed by atoms with E-state index in [1.165, 1.54) is 36.4 Å².